The highest BCUT2D eigenvalue weighted by atomic mass is 32.2. The quantitative estimate of drug-likeness (QED) is 0.853. The molecule has 1 amide bonds. The van der Waals surface area contributed by atoms with Crippen molar-refractivity contribution in [1.29, 1.82) is 0 Å². The zero-order chi connectivity index (χ0) is 16.9. The average molecular weight is 332 g/mol. The largest absolute Gasteiger partial charge is 0.356 e. The minimum absolute atomic E-state index is 0.0625. The summed E-state index contributed by atoms with van der Waals surface area (Å²) in [4.78, 5) is 11.0. The number of benzene rings is 2. The van der Waals surface area contributed by atoms with Crippen molar-refractivity contribution in [2.24, 2.45) is 0 Å². The monoisotopic (exact) mass is 332 g/mol. The van der Waals surface area contributed by atoms with Crippen LogP contribution in [0, 0.1) is 6.92 Å². The predicted molar refractivity (Wildman–Crippen MR) is 90.8 cm³/mol. The average Bonchev–Trinajstić information content (AvgIpc) is 2.49. The van der Waals surface area contributed by atoms with Crippen LogP contribution < -0.4 is 10.0 Å². The number of nitrogens with one attached hydrogen (secondary N) is 2. The standard InChI is InChI=1S/C17H20N2O3S/c1-13-3-9-17(10-4-13)23(21,22)19-16-7-5-15(6-8-16)11-12-18-14(2)20/h3-10,19H,11-12H2,1-2H3,(H,18,20). The van der Waals surface area contributed by atoms with Gasteiger partial charge in [-0.1, -0.05) is 29.8 Å². The smallest absolute Gasteiger partial charge is 0.261 e. The summed E-state index contributed by atoms with van der Waals surface area (Å²) in [5.41, 5.74) is 2.54. The first-order chi connectivity index (χ1) is 10.9. The van der Waals surface area contributed by atoms with Crippen molar-refractivity contribution in [3.05, 3.63) is 59.7 Å². The molecule has 0 fully saturated rings. The van der Waals surface area contributed by atoms with Crippen LogP contribution in [0.15, 0.2) is 53.4 Å². The Morgan fingerprint density at radius 1 is 1.00 bits per heavy atom. The number of aryl methyl sites for hydroxylation is 1. The topological polar surface area (TPSA) is 75.3 Å². The zero-order valence-electron chi connectivity index (χ0n) is 13.2. The van der Waals surface area contributed by atoms with Crippen LogP contribution in [0.1, 0.15) is 18.1 Å². The van der Waals surface area contributed by atoms with Crippen molar-refractivity contribution in [3.8, 4) is 0 Å². The first-order valence-corrected chi connectivity index (χ1v) is 8.78. The lowest BCUT2D eigenvalue weighted by atomic mass is 10.1. The number of hydrogen-bond donors (Lipinski definition) is 2. The van der Waals surface area contributed by atoms with E-state index in [0.29, 0.717) is 18.7 Å². The van der Waals surface area contributed by atoms with Crippen LogP contribution >= 0.6 is 0 Å². The molecule has 0 aliphatic carbocycles. The van der Waals surface area contributed by atoms with Crippen LogP contribution in [0.4, 0.5) is 5.69 Å². The molecule has 2 aromatic carbocycles. The molecular weight excluding hydrogens is 312 g/mol. The summed E-state index contributed by atoms with van der Waals surface area (Å²) in [5, 5.41) is 2.72. The summed E-state index contributed by atoms with van der Waals surface area (Å²) >= 11 is 0. The molecule has 0 aliphatic heterocycles. The van der Waals surface area contributed by atoms with Gasteiger partial charge in [0.05, 0.1) is 4.90 Å². The molecule has 2 rings (SSSR count). The summed E-state index contributed by atoms with van der Waals surface area (Å²) in [6, 6.07) is 13.8. The van der Waals surface area contributed by atoms with Crippen LogP contribution in [0.2, 0.25) is 0 Å². The van der Waals surface area contributed by atoms with Gasteiger partial charge in [0.15, 0.2) is 0 Å². The van der Waals surface area contributed by atoms with Crippen LogP contribution in [-0.2, 0) is 21.2 Å². The van der Waals surface area contributed by atoms with E-state index in [2.05, 4.69) is 10.0 Å². The van der Waals surface area contributed by atoms with Crippen molar-refractivity contribution in [2.45, 2.75) is 25.2 Å². The second kappa shape index (κ2) is 7.28. The van der Waals surface area contributed by atoms with E-state index in [1.165, 1.54) is 6.92 Å². The SMILES string of the molecule is CC(=O)NCCc1ccc(NS(=O)(=O)c2ccc(C)cc2)cc1. The molecule has 2 N–H and O–H groups in total. The Morgan fingerprint density at radius 3 is 2.17 bits per heavy atom. The molecule has 2 aromatic rings. The Labute approximate surface area is 136 Å². The maximum absolute atomic E-state index is 12.3. The normalized spacial score (nSPS) is 11.0. The van der Waals surface area contributed by atoms with E-state index in [-0.39, 0.29) is 10.8 Å². The van der Waals surface area contributed by atoms with Crippen LogP contribution in [-0.4, -0.2) is 20.9 Å². The minimum Gasteiger partial charge on any atom is -0.356 e. The Hall–Kier alpha value is -2.34. The summed E-state index contributed by atoms with van der Waals surface area (Å²) in [5.74, 6) is -0.0625. The maximum Gasteiger partial charge on any atom is 0.261 e. The van der Waals surface area contributed by atoms with Crippen molar-refractivity contribution < 1.29 is 13.2 Å². The molecule has 23 heavy (non-hydrogen) atoms. The van der Waals surface area contributed by atoms with Gasteiger partial charge in [-0.25, -0.2) is 8.42 Å². The van der Waals surface area contributed by atoms with Crippen molar-refractivity contribution in [1.82, 2.24) is 5.32 Å². The lowest BCUT2D eigenvalue weighted by molar-refractivity contribution is -0.118. The third kappa shape index (κ3) is 5.10. The van der Waals surface area contributed by atoms with Gasteiger partial charge in [-0.05, 0) is 43.2 Å². The molecule has 0 radical (unpaired) electrons. The number of amides is 1. The van der Waals surface area contributed by atoms with Gasteiger partial charge in [-0.3, -0.25) is 9.52 Å². The molecule has 0 spiro atoms. The van der Waals surface area contributed by atoms with Crippen molar-refractivity contribution >= 4 is 21.6 Å². The van der Waals surface area contributed by atoms with E-state index in [9.17, 15) is 13.2 Å². The Morgan fingerprint density at radius 2 is 1.61 bits per heavy atom. The van der Waals surface area contributed by atoms with Gasteiger partial charge in [0.25, 0.3) is 10.0 Å². The van der Waals surface area contributed by atoms with E-state index in [1.54, 1.807) is 36.4 Å². The van der Waals surface area contributed by atoms with E-state index < -0.39 is 10.0 Å². The van der Waals surface area contributed by atoms with Gasteiger partial charge in [-0.15, -0.1) is 0 Å². The third-order valence-corrected chi connectivity index (χ3v) is 4.72. The fourth-order valence-corrected chi connectivity index (χ4v) is 3.11. The highest BCUT2D eigenvalue weighted by molar-refractivity contribution is 7.92. The summed E-state index contributed by atoms with van der Waals surface area (Å²) in [6.45, 7) is 3.94. The summed E-state index contributed by atoms with van der Waals surface area (Å²) in [6.07, 6.45) is 0.699. The van der Waals surface area contributed by atoms with E-state index >= 15 is 0 Å². The number of anilines is 1. The number of hydrogen-bond acceptors (Lipinski definition) is 3. The molecule has 0 saturated carbocycles. The van der Waals surface area contributed by atoms with Gasteiger partial charge >= 0.3 is 0 Å². The molecule has 0 bridgehead atoms. The molecule has 0 heterocycles. The molecular formula is C17H20N2O3S. The van der Waals surface area contributed by atoms with Gasteiger partial charge < -0.3 is 5.32 Å². The Balaban J connectivity index is 2.02. The van der Waals surface area contributed by atoms with E-state index in [4.69, 9.17) is 0 Å². The number of rotatable bonds is 6. The maximum atomic E-state index is 12.3. The van der Waals surface area contributed by atoms with Gasteiger partial charge in [0.1, 0.15) is 0 Å². The van der Waals surface area contributed by atoms with Crippen LogP contribution in [0.3, 0.4) is 0 Å². The van der Waals surface area contributed by atoms with Crippen molar-refractivity contribution in [2.75, 3.05) is 11.3 Å². The third-order valence-electron chi connectivity index (χ3n) is 3.33. The number of carbonyl (C=O) groups is 1. The molecule has 5 nitrogen and oxygen atoms in total. The van der Waals surface area contributed by atoms with Crippen molar-refractivity contribution in [3.63, 3.8) is 0 Å². The highest BCUT2D eigenvalue weighted by Crippen LogP contribution is 2.17. The molecule has 122 valence electrons. The molecule has 0 saturated heterocycles. The van der Waals surface area contributed by atoms with Gasteiger partial charge in [-0.2, -0.15) is 0 Å². The summed E-state index contributed by atoms with van der Waals surface area (Å²) < 4.78 is 27.1. The van der Waals surface area contributed by atoms with Gasteiger partial charge in [0.2, 0.25) is 5.91 Å². The van der Waals surface area contributed by atoms with E-state index in [0.717, 1.165) is 11.1 Å². The molecule has 0 aromatic heterocycles. The lowest BCUT2D eigenvalue weighted by Gasteiger charge is -2.09. The molecule has 0 atom stereocenters. The first-order valence-electron chi connectivity index (χ1n) is 7.30. The van der Waals surface area contributed by atoms with Gasteiger partial charge in [0, 0.05) is 19.2 Å². The lowest BCUT2D eigenvalue weighted by Crippen LogP contribution is -2.22. The van der Waals surface area contributed by atoms with Crippen LogP contribution in [0.5, 0.6) is 0 Å². The first kappa shape index (κ1) is 17.0. The predicted octanol–water partition coefficient (Wildman–Crippen LogP) is 2.47. The van der Waals surface area contributed by atoms with E-state index in [1.807, 2.05) is 19.1 Å². The fraction of sp³-hybridized carbons (Fsp3) is 0.235. The number of sulfonamides is 1. The summed E-state index contributed by atoms with van der Waals surface area (Å²) in [7, 11) is -3.58. The number of carbonyl (C=O) groups excluding carboxylic acids is 1. The second-order valence-electron chi connectivity index (χ2n) is 5.35. The Kier molecular flexibility index (Phi) is 5.39. The molecule has 0 unspecified atom stereocenters. The second-order valence-corrected chi connectivity index (χ2v) is 7.03. The molecule has 6 heteroatoms. The zero-order valence-corrected chi connectivity index (χ0v) is 14.0. The Bertz CT molecular complexity index is 766. The van der Waals surface area contributed by atoms with Crippen LogP contribution in [0.25, 0.3) is 0 Å². The highest BCUT2D eigenvalue weighted by Gasteiger charge is 2.13. The molecule has 0 aliphatic rings. The fourth-order valence-electron chi connectivity index (χ4n) is 2.05. The minimum atomic E-state index is -3.58.